The summed E-state index contributed by atoms with van der Waals surface area (Å²) < 4.78 is 46.3. The zero-order chi connectivity index (χ0) is 16.8. The third-order valence-electron chi connectivity index (χ3n) is 3.43. The van der Waals surface area contributed by atoms with E-state index in [9.17, 15) is 17.6 Å². The molecule has 2 heterocycles. The first-order valence-corrected chi connectivity index (χ1v) is 8.92. The van der Waals surface area contributed by atoms with Crippen LogP contribution in [0.3, 0.4) is 0 Å². The van der Waals surface area contributed by atoms with Crippen LogP contribution in [0.5, 0.6) is 5.75 Å². The van der Waals surface area contributed by atoms with Crippen molar-refractivity contribution in [2.24, 2.45) is 5.73 Å². The number of para-hydroxylation sites is 1. The Morgan fingerprint density at radius 1 is 1.43 bits per heavy atom. The van der Waals surface area contributed by atoms with Gasteiger partial charge in [0.2, 0.25) is 0 Å². The fourth-order valence-corrected chi connectivity index (χ4v) is 5.29. The van der Waals surface area contributed by atoms with Crippen molar-refractivity contribution in [1.82, 2.24) is 0 Å². The molecule has 0 saturated heterocycles. The maximum Gasteiger partial charge on any atom is 0.265 e. The lowest BCUT2D eigenvalue weighted by atomic mass is 10.2. The molecule has 1 aromatic carbocycles. The zero-order valence-electron chi connectivity index (χ0n) is 12.1. The molecule has 0 spiro atoms. The number of ether oxygens (including phenoxy) is 1. The largest absolute Gasteiger partial charge is 0.489 e. The lowest BCUT2D eigenvalue weighted by Gasteiger charge is -2.30. The van der Waals surface area contributed by atoms with E-state index >= 15 is 0 Å². The van der Waals surface area contributed by atoms with Gasteiger partial charge < -0.3 is 10.5 Å². The minimum absolute atomic E-state index is 0.0164. The topological polar surface area (TPSA) is 89.7 Å². The predicted molar refractivity (Wildman–Crippen MR) is 84.0 cm³/mol. The van der Waals surface area contributed by atoms with Crippen LogP contribution < -0.4 is 14.8 Å². The molecule has 1 aliphatic rings. The Morgan fingerprint density at radius 2 is 2.17 bits per heavy atom. The Balaban J connectivity index is 2.14. The number of amides is 1. The molecule has 122 valence electrons. The molecule has 2 N–H and O–H groups in total. The van der Waals surface area contributed by atoms with Gasteiger partial charge in [0.25, 0.3) is 15.9 Å². The highest BCUT2D eigenvalue weighted by atomic mass is 32.2. The lowest BCUT2D eigenvalue weighted by Crippen LogP contribution is -2.38. The van der Waals surface area contributed by atoms with Gasteiger partial charge in [0.05, 0.1) is 11.4 Å². The van der Waals surface area contributed by atoms with Crippen LogP contribution in [0.25, 0.3) is 0 Å². The van der Waals surface area contributed by atoms with E-state index in [-0.39, 0.29) is 34.4 Å². The van der Waals surface area contributed by atoms with Crippen molar-refractivity contribution in [3.05, 3.63) is 39.8 Å². The van der Waals surface area contributed by atoms with Gasteiger partial charge >= 0.3 is 0 Å². The maximum absolute atomic E-state index is 14.1. The standard InChI is InChI=1S/C14H13FN2O4S2/c1-8-12(7-11(22-8)14(16)18)23(19,20)17-5-6-21-10-4-2-3-9(15)13(10)17/h2-4,7H,5-6H2,1H3,(H2,16,18). The first-order valence-electron chi connectivity index (χ1n) is 6.66. The number of halogens is 1. The van der Waals surface area contributed by atoms with Crippen molar-refractivity contribution in [3.8, 4) is 5.75 Å². The van der Waals surface area contributed by atoms with Crippen LogP contribution in [0, 0.1) is 12.7 Å². The molecule has 0 saturated carbocycles. The maximum atomic E-state index is 14.1. The monoisotopic (exact) mass is 356 g/mol. The summed E-state index contributed by atoms with van der Waals surface area (Å²) in [6, 6.07) is 5.36. The molecule has 0 radical (unpaired) electrons. The molecule has 23 heavy (non-hydrogen) atoms. The molecule has 9 heteroatoms. The Hall–Kier alpha value is -2.13. The minimum atomic E-state index is -4.03. The predicted octanol–water partition coefficient (Wildman–Crippen LogP) is 1.88. The number of primary amides is 1. The normalized spacial score (nSPS) is 14.3. The van der Waals surface area contributed by atoms with Crippen LogP contribution >= 0.6 is 11.3 Å². The average molecular weight is 356 g/mol. The summed E-state index contributed by atoms with van der Waals surface area (Å²) in [4.78, 5) is 11.8. The Kier molecular flexibility index (Phi) is 3.77. The number of anilines is 1. The third kappa shape index (κ3) is 2.55. The zero-order valence-corrected chi connectivity index (χ0v) is 13.7. The molecule has 0 atom stereocenters. The molecule has 1 amide bonds. The van der Waals surface area contributed by atoms with E-state index in [1.165, 1.54) is 24.3 Å². The minimum Gasteiger partial charge on any atom is -0.489 e. The van der Waals surface area contributed by atoms with Gasteiger partial charge in [-0.05, 0) is 25.1 Å². The first kappa shape index (κ1) is 15.8. The number of benzene rings is 1. The number of carbonyl (C=O) groups is 1. The molecule has 0 bridgehead atoms. The van der Waals surface area contributed by atoms with E-state index in [2.05, 4.69) is 0 Å². The Bertz CT molecular complexity index is 892. The van der Waals surface area contributed by atoms with Gasteiger partial charge in [-0.25, -0.2) is 12.8 Å². The summed E-state index contributed by atoms with van der Waals surface area (Å²) in [6.45, 7) is 1.67. The van der Waals surface area contributed by atoms with E-state index in [1.54, 1.807) is 6.92 Å². The van der Waals surface area contributed by atoms with Crippen molar-refractivity contribution in [2.45, 2.75) is 11.8 Å². The molecule has 0 fully saturated rings. The quantitative estimate of drug-likeness (QED) is 0.909. The SMILES string of the molecule is Cc1sc(C(N)=O)cc1S(=O)(=O)N1CCOc2cccc(F)c21. The number of thiophene rings is 1. The Morgan fingerprint density at radius 3 is 2.83 bits per heavy atom. The van der Waals surface area contributed by atoms with Crippen molar-refractivity contribution in [1.29, 1.82) is 0 Å². The van der Waals surface area contributed by atoms with Gasteiger partial charge in [-0.1, -0.05) is 6.07 Å². The molecular formula is C14H13FN2O4S2. The molecule has 0 aliphatic carbocycles. The third-order valence-corrected chi connectivity index (χ3v) is 6.55. The number of carbonyl (C=O) groups excluding carboxylic acids is 1. The average Bonchev–Trinajstić information content (AvgIpc) is 2.90. The van der Waals surface area contributed by atoms with Gasteiger partial charge in [0, 0.05) is 4.88 Å². The van der Waals surface area contributed by atoms with Gasteiger partial charge in [0.15, 0.2) is 5.82 Å². The van der Waals surface area contributed by atoms with Crippen molar-refractivity contribution in [3.63, 3.8) is 0 Å². The molecular weight excluding hydrogens is 343 g/mol. The summed E-state index contributed by atoms with van der Waals surface area (Å²) >= 11 is 0.993. The van der Waals surface area contributed by atoms with Gasteiger partial charge in [-0.2, -0.15) is 0 Å². The van der Waals surface area contributed by atoms with E-state index < -0.39 is 21.7 Å². The molecule has 1 aliphatic heterocycles. The lowest BCUT2D eigenvalue weighted by molar-refractivity contribution is 0.100. The van der Waals surface area contributed by atoms with Gasteiger partial charge in [-0.3, -0.25) is 9.10 Å². The number of hydrogen-bond donors (Lipinski definition) is 1. The highest BCUT2D eigenvalue weighted by Crippen LogP contribution is 2.39. The van der Waals surface area contributed by atoms with Crippen LogP contribution in [0.15, 0.2) is 29.2 Å². The molecule has 2 aromatic rings. The molecule has 3 rings (SSSR count). The van der Waals surface area contributed by atoms with Gasteiger partial charge in [-0.15, -0.1) is 11.3 Å². The van der Waals surface area contributed by atoms with Crippen molar-refractivity contribution < 1.29 is 22.3 Å². The first-order chi connectivity index (χ1) is 10.8. The summed E-state index contributed by atoms with van der Waals surface area (Å²) in [5.41, 5.74) is 5.08. The van der Waals surface area contributed by atoms with Crippen LogP contribution in [-0.2, 0) is 10.0 Å². The smallest absolute Gasteiger partial charge is 0.265 e. The van der Waals surface area contributed by atoms with Crippen LogP contribution in [0.4, 0.5) is 10.1 Å². The second-order valence-corrected chi connectivity index (χ2v) is 7.99. The van der Waals surface area contributed by atoms with Crippen molar-refractivity contribution >= 4 is 33.0 Å². The van der Waals surface area contributed by atoms with Crippen LogP contribution in [-0.4, -0.2) is 27.5 Å². The second-order valence-electron chi connectivity index (χ2n) is 4.91. The number of sulfonamides is 1. The highest BCUT2D eigenvalue weighted by molar-refractivity contribution is 7.93. The number of rotatable bonds is 3. The van der Waals surface area contributed by atoms with E-state index in [0.29, 0.717) is 4.88 Å². The molecule has 6 nitrogen and oxygen atoms in total. The second kappa shape index (κ2) is 5.50. The van der Waals surface area contributed by atoms with Crippen molar-refractivity contribution in [2.75, 3.05) is 17.5 Å². The molecule has 1 aromatic heterocycles. The van der Waals surface area contributed by atoms with E-state index in [1.807, 2.05) is 0 Å². The molecule has 0 unspecified atom stereocenters. The van der Waals surface area contributed by atoms with Gasteiger partial charge in [0.1, 0.15) is 22.9 Å². The number of nitrogens with zero attached hydrogens (tertiary/aromatic N) is 1. The van der Waals surface area contributed by atoms with Crippen LogP contribution in [0.1, 0.15) is 14.5 Å². The number of nitrogens with two attached hydrogens (primary N) is 1. The van der Waals surface area contributed by atoms with Crippen LogP contribution in [0.2, 0.25) is 0 Å². The van der Waals surface area contributed by atoms with E-state index in [4.69, 9.17) is 10.5 Å². The summed E-state index contributed by atoms with van der Waals surface area (Å²) in [6.07, 6.45) is 0. The summed E-state index contributed by atoms with van der Waals surface area (Å²) in [5, 5.41) is 0. The summed E-state index contributed by atoms with van der Waals surface area (Å²) in [5.74, 6) is -1.22. The highest BCUT2D eigenvalue weighted by Gasteiger charge is 2.34. The number of aryl methyl sites for hydroxylation is 1. The fraction of sp³-hybridized carbons (Fsp3) is 0.214. The Labute approximate surface area is 136 Å². The number of fused-ring (bicyclic) bond motifs is 1. The fourth-order valence-electron chi connectivity index (χ4n) is 2.41. The number of hydrogen-bond acceptors (Lipinski definition) is 5. The van der Waals surface area contributed by atoms with E-state index in [0.717, 1.165) is 15.6 Å². The summed E-state index contributed by atoms with van der Waals surface area (Å²) in [7, 11) is -4.03.